The number of halogens is 1. The predicted molar refractivity (Wildman–Crippen MR) is 85.3 cm³/mol. The van der Waals surface area contributed by atoms with Gasteiger partial charge in [0.25, 0.3) is 0 Å². The molecule has 1 saturated heterocycles. The van der Waals surface area contributed by atoms with E-state index in [1.54, 1.807) is 0 Å². The van der Waals surface area contributed by atoms with E-state index in [0.717, 1.165) is 36.9 Å². The Morgan fingerprint density at radius 3 is 2.62 bits per heavy atom. The lowest BCUT2D eigenvalue weighted by Gasteiger charge is -2.27. The van der Waals surface area contributed by atoms with Gasteiger partial charge in [-0.15, -0.1) is 0 Å². The van der Waals surface area contributed by atoms with Crippen LogP contribution in [0.2, 0.25) is 5.02 Å². The van der Waals surface area contributed by atoms with Gasteiger partial charge >= 0.3 is 0 Å². The molecule has 0 aromatic heterocycles. The van der Waals surface area contributed by atoms with E-state index in [1.165, 1.54) is 18.4 Å². The summed E-state index contributed by atoms with van der Waals surface area (Å²) in [5.74, 6) is 1.03. The molecule has 1 aromatic rings. The SMILES string of the molecule is CC(CN1CCCC1=O)NC(c1ccc(Cl)cc1)C1CC1. The highest BCUT2D eigenvalue weighted by Crippen LogP contribution is 2.41. The maximum atomic E-state index is 11.7. The molecule has 0 spiro atoms. The highest BCUT2D eigenvalue weighted by atomic mass is 35.5. The van der Waals surface area contributed by atoms with Crippen LogP contribution in [0.15, 0.2) is 24.3 Å². The third kappa shape index (κ3) is 3.78. The van der Waals surface area contributed by atoms with Crippen molar-refractivity contribution in [2.75, 3.05) is 13.1 Å². The van der Waals surface area contributed by atoms with E-state index in [4.69, 9.17) is 11.6 Å². The molecule has 0 radical (unpaired) electrons. The molecule has 2 fully saturated rings. The third-order valence-electron chi connectivity index (χ3n) is 4.45. The summed E-state index contributed by atoms with van der Waals surface area (Å²) < 4.78 is 0. The number of carbonyl (C=O) groups is 1. The van der Waals surface area contributed by atoms with Crippen molar-refractivity contribution in [1.82, 2.24) is 10.2 Å². The van der Waals surface area contributed by atoms with Crippen molar-refractivity contribution in [3.63, 3.8) is 0 Å². The molecule has 1 amide bonds. The molecule has 2 unspecified atom stereocenters. The zero-order chi connectivity index (χ0) is 14.8. The third-order valence-corrected chi connectivity index (χ3v) is 4.70. The van der Waals surface area contributed by atoms with Gasteiger partial charge in [0, 0.05) is 36.6 Å². The summed E-state index contributed by atoms with van der Waals surface area (Å²) in [5.41, 5.74) is 1.31. The molecule has 21 heavy (non-hydrogen) atoms. The number of nitrogens with zero attached hydrogens (tertiary/aromatic N) is 1. The molecule has 1 saturated carbocycles. The van der Waals surface area contributed by atoms with Crippen LogP contribution in [0.3, 0.4) is 0 Å². The molecule has 114 valence electrons. The Morgan fingerprint density at radius 2 is 2.05 bits per heavy atom. The summed E-state index contributed by atoms with van der Waals surface area (Å²) in [6.07, 6.45) is 4.30. The quantitative estimate of drug-likeness (QED) is 0.873. The van der Waals surface area contributed by atoms with Gasteiger partial charge in [0.2, 0.25) is 5.91 Å². The molecular weight excluding hydrogens is 284 g/mol. The number of nitrogens with one attached hydrogen (secondary N) is 1. The largest absolute Gasteiger partial charge is 0.341 e. The van der Waals surface area contributed by atoms with E-state index in [-0.39, 0.29) is 0 Å². The van der Waals surface area contributed by atoms with Crippen molar-refractivity contribution in [2.24, 2.45) is 5.92 Å². The minimum Gasteiger partial charge on any atom is -0.341 e. The number of hydrogen-bond donors (Lipinski definition) is 1. The molecule has 1 heterocycles. The van der Waals surface area contributed by atoms with Gasteiger partial charge in [-0.3, -0.25) is 4.79 Å². The summed E-state index contributed by atoms with van der Waals surface area (Å²) in [7, 11) is 0. The van der Waals surface area contributed by atoms with Crippen LogP contribution < -0.4 is 5.32 Å². The van der Waals surface area contributed by atoms with E-state index < -0.39 is 0 Å². The van der Waals surface area contributed by atoms with Crippen LogP contribution >= 0.6 is 11.6 Å². The van der Waals surface area contributed by atoms with E-state index in [2.05, 4.69) is 24.4 Å². The van der Waals surface area contributed by atoms with Crippen LogP contribution in [-0.4, -0.2) is 29.9 Å². The van der Waals surface area contributed by atoms with E-state index in [9.17, 15) is 4.79 Å². The number of amides is 1. The second-order valence-electron chi connectivity index (χ2n) is 6.38. The normalized spacial score (nSPS) is 21.6. The lowest BCUT2D eigenvalue weighted by Crippen LogP contribution is -2.41. The second kappa shape index (κ2) is 6.37. The predicted octanol–water partition coefficient (Wildman–Crippen LogP) is 3.39. The number of hydrogen-bond acceptors (Lipinski definition) is 2. The molecule has 1 aliphatic heterocycles. The Labute approximate surface area is 131 Å². The van der Waals surface area contributed by atoms with E-state index in [0.29, 0.717) is 18.0 Å². The molecule has 0 bridgehead atoms. The fourth-order valence-electron chi connectivity index (χ4n) is 3.19. The van der Waals surface area contributed by atoms with Gasteiger partial charge in [-0.2, -0.15) is 0 Å². The Morgan fingerprint density at radius 1 is 1.33 bits per heavy atom. The summed E-state index contributed by atoms with van der Waals surface area (Å²) in [4.78, 5) is 13.7. The molecular formula is C17H23ClN2O. The van der Waals surface area contributed by atoms with Gasteiger partial charge in [-0.1, -0.05) is 23.7 Å². The minimum atomic E-state index is 0.304. The molecule has 3 nitrogen and oxygen atoms in total. The van der Waals surface area contributed by atoms with Crippen molar-refractivity contribution < 1.29 is 4.79 Å². The van der Waals surface area contributed by atoms with Crippen molar-refractivity contribution in [3.05, 3.63) is 34.9 Å². The van der Waals surface area contributed by atoms with Crippen LogP contribution in [0.1, 0.15) is 44.2 Å². The average molecular weight is 307 g/mol. The standard InChI is InChI=1S/C17H23ClN2O/c1-12(11-20-10-2-3-16(20)21)19-17(13-4-5-13)14-6-8-15(18)9-7-14/h6-9,12-13,17,19H,2-5,10-11H2,1H3. The average Bonchev–Trinajstić information content (AvgIpc) is 3.23. The molecule has 1 aromatic carbocycles. The summed E-state index contributed by atoms with van der Waals surface area (Å²) in [6, 6.07) is 8.85. The van der Waals surface area contributed by atoms with Crippen LogP contribution in [0.25, 0.3) is 0 Å². The Bertz CT molecular complexity index is 498. The molecule has 4 heteroatoms. The number of rotatable bonds is 6. The van der Waals surface area contributed by atoms with E-state index in [1.807, 2.05) is 17.0 Å². The highest BCUT2D eigenvalue weighted by Gasteiger charge is 2.33. The Kier molecular flexibility index (Phi) is 4.51. The number of benzene rings is 1. The first-order valence-corrected chi connectivity index (χ1v) is 8.30. The summed E-state index contributed by atoms with van der Waals surface area (Å²) >= 11 is 5.98. The minimum absolute atomic E-state index is 0.304. The summed E-state index contributed by atoms with van der Waals surface area (Å²) in [5, 5.41) is 4.51. The van der Waals surface area contributed by atoms with Crippen molar-refractivity contribution in [3.8, 4) is 0 Å². The molecule has 1 aliphatic carbocycles. The van der Waals surface area contributed by atoms with Crippen LogP contribution in [-0.2, 0) is 4.79 Å². The first kappa shape index (κ1) is 14.9. The van der Waals surface area contributed by atoms with Crippen molar-refractivity contribution in [2.45, 2.75) is 44.7 Å². The lowest BCUT2D eigenvalue weighted by atomic mass is 10.0. The van der Waals surface area contributed by atoms with Gasteiger partial charge in [0.05, 0.1) is 0 Å². The number of likely N-dealkylation sites (tertiary alicyclic amines) is 1. The smallest absolute Gasteiger partial charge is 0.222 e. The zero-order valence-corrected chi connectivity index (χ0v) is 13.3. The first-order chi connectivity index (χ1) is 10.1. The first-order valence-electron chi connectivity index (χ1n) is 7.93. The second-order valence-corrected chi connectivity index (χ2v) is 6.81. The van der Waals surface area contributed by atoms with Crippen molar-refractivity contribution >= 4 is 17.5 Å². The van der Waals surface area contributed by atoms with Crippen LogP contribution in [0.5, 0.6) is 0 Å². The fourth-order valence-corrected chi connectivity index (χ4v) is 3.32. The highest BCUT2D eigenvalue weighted by molar-refractivity contribution is 6.30. The Hall–Kier alpha value is -1.06. The van der Waals surface area contributed by atoms with Crippen LogP contribution in [0, 0.1) is 5.92 Å². The topological polar surface area (TPSA) is 32.3 Å². The van der Waals surface area contributed by atoms with Gasteiger partial charge in [0.1, 0.15) is 0 Å². The van der Waals surface area contributed by atoms with Gasteiger partial charge in [-0.05, 0) is 49.8 Å². The number of carbonyl (C=O) groups excluding carboxylic acids is 1. The molecule has 3 rings (SSSR count). The maximum absolute atomic E-state index is 11.7. The lowest BCUT2D eigenvalue weighted by molar-refractivity contribution is -0.128. The fraction of sp³-hybridized carbons (Fsp3) is 0.588. The maximum Gasteiger partial charge on any atom is 0.222 e. The monoisotopic (exact) mass is 306 g/mol. The van der Waals surface area contributed by atoms with E-state index >= 15 is 0 Å². The van der Waals surface area contributed by atoms with Crippen LogP contribution in [0.4, 0.5) is 0 Å². The molecule has 2 aliphatic rings. The van der Waals surface area contributed by atoms with Gasteiger partial charge in [0.15, 0.2) is 0 Å². The molecule has 1 N–H and O–H groups in total. The van der Waals surface area contributed by atoms with Gasteiger partial charge in [-0.25, -0.2) is 0 Å². The molecule has 2 atom stereocenters. The Balaban J connectivity index is 1.62. The zero-order valence-electron chi connectivity index (χ0n) is 12.5. The summed E-state index contributed by atoms with van der Waals surface area (Å²) in [6.45, 7) is 3.91. The van der Waals surface area contributed by atoms with Crippen molar-refractivity contribution in [1.29, 1.82) is 0 Å². The van der Waals surface area contributed by atoms with Gasteiger partial charge < -0.3 is 10.2 Å².